The first-order valence-corrected chi connectivity index (χ1v) is 5.70. The van der Waals surface area contributed by atoms with Gasteiger partial charge in [-0.25, -0.2) is 4.98 Å². The summed E-state index contributed by atoms with van der Waals surface area (Å²) >= 11 is 0. The summed E-state index contributed by atoms with van der Waals surface area (Å²) in [6.45, 7) is 8.48. The van der Waals surface area contributed by atoms with E-state index < -0.39 is 0 Å². The number of hydrogen-bond acceptors (Lipinski definition) is 3. The van der Waals surface area contributed by atoms with Gasteiger partial charge in [-0.1, -0.05) is 6.92 Å². The zero-order valence-electron chi connectivity index (χ0n) is 10.3. The average Bonchev–Trinajstić information content (AvgIpc) is 2.66. The third-order valence-corrected chi connectivity index (χ3v) is 2.44. The van der Waals surface area contributed by atoms with E-state index in [1.807, 2.05) is 26.4 Å². The molecule has 0 aliphatic carbocycles. The summed E-state index contributed by atoms with van der Waals surface area (Å²) in [6.07, 6.45) is 4.84. The molecule has 0 aromatic carbocycles. The largest absolute Gasteiger partial charge is 0.333 e. The van der Waals surface area contributed by atoms with Crippen LogP contribution >= 0.6 is 0 Å². The maximum Gasteiger partial charge on any atom is 0.0948 e. The van der Waals surface area contributed by atoms with Crippen molar-refractivity contribution in [2.24, 2.45) is 5.41 Å². The number of aryl methyl sites for hydroxylation is 1. The van der Waals surface area contributed by atoms with Crippen molar-refractivity contribution in [2.45, 2.75) is 40.3 Å². The lowest BCUT2D eigenvalue weighted by molar-refractivity contribution is 0.439. The van der Waals surface area contributed by atoms with Gasteiger partial charge in [0.15, 0.2) is 0 Å². The molecular weight excluding hydrogens is 200 g/mol. The molecule has 1 N–H and O–H groups in total. The smallest absolute Gasteiger partial charge is 0.0948 e. The van der Waals surface area contributed by atoms with E-state index in [4.69, 9.17) is 5.26 Å². The number of nitrogens with one attached hydrogen (secondary N) is 1. The minimum atomic E-state index is -0.310. The van der Waals surface area contributed by atoms with Crippen LogP contribution in [0, 0.1) is 16.7 Å². The van der Waals surface area contributed by atoms with Crippen LogP contribution in [0.25, 0.3) is 0 Å². The van der Waals surface area contributed by atoms with Crippen molar-refractivity contribution in [1.29, 1.82) is 5.26 Å². The second-order valence-electron chi connectivity index (χ2n) is 4.68. The molecule has 0 spiro atoms. The fourth-order valence-corrected chi connectivity index (χ4v) is 1.48. The molecular formula is C12H20N4. The van der Waals surface area contributed by atoms with Gasteiger partial charge in [0.05, 0.1) is 23.5 Å². The van der Waals surface area contributed by atoms with Crippen LogP contribution in [0.3, 0.4) is 0 Å². The van der Waals surface area contributed by atoms with Crippen LogP contribution in [0.4, 0.5) is 0 Å². The zero-order valence-corrected chi connectivity index (χ0v) is 10.3. The predicted octanol–water partition coefficient (Wildman–Crippen LogP) is 1.93. The van der Waals surface area contributed by atoms with Crippen molar-refractivity contribution >= 4 is 0 Å². The fourth-order valence-electron chi connectivity index (χ4n) is 1.48. The summed E-state index contributed by atoms with van der Waals surface area (Å²) in [5.74, 6) is 0. The van der Waals surface area contributed by atoms with Crippen molar-refractivity contribution in [3.05, 3.63) is 18.2 Å². The van der Waals surface area contributed by atoms with E-state index in [9.17, 15) is 0 Å². The number of rotatable bonds is 6. The van der Waals surface area contributed by atoms with Gasteiger partial charge in [-0.3, -0.25) is 0 Å². The molecule has 1 heterocycles. The number of aromatic nitrogens is 2. The third-order valence-electron chi connectivity index (χ3n) is 2.44. The predicted molar refractivity (Wildman–Crippen MR) is 63.6 cm³/mol. The Morgan fingerprint density at radius 2 is 2.31 bits per heavy atom. The molecule has 0 radical (unpaired) electrons. The van der Waals surface area contributed by atoms with Gasteiger partial charge < -0.3 is 9.88 Å². The minimum Gasteiger partial charge on any atom is -0.333 e. The highest BCUT2D eigenvalue weighted by atomic mass is 15.1. The van der Waals surface area contributed by atoms with Crippen LogP contribution in [0.1, 0.15) is 32.9 Å². The highest BCUT2D eigenvalue weighted by Gasteiger charge is 2.15. The maximum absolute atomic E-state index is 8.88. The van der Waals surface area contributed by atoms with Gasteiger partial charge >= 0.3 is 0 Å². The van der Waals surface area contributed by atoms with Gasteiger partial charge in [-0.05, 0) is 20.3 Å². The lowest BCUT2D eigenvalue weighted by atomic mass is 9.96. The topological polar surface area (TPSA) is 53.6 Å². The molecule has 1 aromatic rings. The standard InChI is InChI=1S/C12H20N4/c1-4-5-16-10-15-7-11(16)6-14-9-12(2,3)8-13/h7,10,14H,4-6,9H2,1-3H3. The Labute approximate surface area is 97.3 Å². The number of nitrogens with zero attached hydrogens (tertiary/aromatic N) is 3. The van der Waals surface area contributed by atoms with Gasteiger partial charge in [-0.15, -0.1) is 0 Å². The average molecular weight is 220 g/mol. The minimum absolute atomic E-state index is 0.310. The first kappa shape index (κ1) is 12.7. The van der Waals surface area contributed by atoms with E-state index in [0.29, 0.717) is 6.54 Å². The van der Waals surface area contributed by atoms with E-state index in [2.05, 4.69) is 27.9 Å². The summed E-state index contributed by atoms with van der Waals surface area (Å²) in [5.41, 5.74) is 0.867. The number of hydrogen-bond donors (Lipinski definition) is 1. The van der Waals surface area contributed by atoms with E-state index >= 15 is 0 Å². The molecule has 0 unspecified atom stereocenters. The summed E-state index contributed by atoms with van der Waals surface area (Å²) in [5, 5.41) is 12.2. The first-order valence-electron chi connectivity index (χ1n) is 5.70. The maximum atomic E-state index is 8.88. The molecule has 0 aliphatic heterocycles. The van der Waals surface area contributed by atoms with Crippen LogP contribution in [0.5, 0.6) is 0 Å². The Morgan fingerprint density at radius 1 is 1.56 bits per heavy atom. The van der Waals surface area contributed by atoms with Crippen LogP contribution < -0.4 is 5.32 Å². The van der Waals surface area contributed by atoms with Crippen LogP contribution in [-0.2, 0) is 13.1 Å². The molecule has 0 amide bonds. The zero-order chi connectivity index (χ0) is 12.0. The van der Waals surface area contributed by atoms with Gasteiger partial charge in [-0.2, -0.15) is 5.26 Å². The van der Waals surface area contributed by atoms with E-state index in [1.54, 1.807) is 0 Å². The van der Waals surface area contributed by atoms with Gasteiger partial charge in [0.2, 0.25) is 0 Å². The van der Waals surface area contributed by atoms with Crippen LogP contribution in [-0.4, -0.2) is 16.1 Å². The SMILES string of the molecule is CCCn1cncc1CNCC(C)(C)C#N. The molecule has 1 aromatic heterocycles. The fraction of sp³-hybridized carbons (Fsp3) is 0.667. The van der Waals surface area contributed by atoms with Crippen molar-refractivity contribution in [3.8, 4) is 6.07 Å². The second-order valence-corrected chi connectivity index (χ2v) is 4.68. The lowest BCUT2D eigenvalue weighted by Crippen LogP contribution is -2.28. The van der Waals surface area contributed by atoms with E-state index in [-0.39, 0.29) is 5.41 Å². The van der Waals surface area contributed by atoms with Gasteiger partial charge in [0, 0.05) is 25.8 Å². The lowest BCUT2D eigenvalue weighted by Gasteiger charge is -2.16. The van der Waals surface area contributed by atoms with E-state index in [0.717, 1.165) is 19.5 Å². The molecule has 4 nitrogen and oxygen atoms in total. The van der Waals surface area contributed by atoms with Crippen molar-refractivity contribution in [3.63, 3.8) is 0 Å². The molecule has 16 heavy (non-hydrogen) atoms. The van der Waals surface area contributed by atoms with Crippen LogP contribution in [0.15, 0.2) is 12.5 Å². The summed E-state index contributed by atoms with van der Waals surface area (Å²) < 4.78 is 2.15. The Morgan fingerprint density at radius 3 is 2.94 bits per heavy atom. The summed E-state index contributed by atoms with van der Waals surface area (Å²) in [6, 6.07) is 2.28. The Kier molecular flexibility index (Phi) is 4.51. The molecule has 0 saturated carbocycles. The van der Waals surface area contributed by atoms with Crippen molar-refractivity contribution in [1.82, 2.24) is 14.9 Å². The molecule has 0 atom stereocenters. The molecule has 0 bridgehead atoms. The molecule has 0 aliphatic rings. The van der Waals surface area contributed by atoms with Gasteiger partial charge in [0.25, 0.3) is 0 Å². The van der Waals surface area contributed by atoms with E-state index in [1.165, 1.54) is 5.69 Å². The van der Waals surface area contributed by atoms with Crippen molar-refractivity contribution in [2.75, 3.05) is 6.54 Å². The molecule has 4 heteroatoms. The summed E-state index contributed by atoms with van der Waals surface area (Å²) in [4.78, 5) is 4.13. The Bertz CT molecular complexity index is 359. The molecule has 0 saturated heterocycles. The molecule has 1 rings (SSSR count). The highest BCUT2D eigenvalue weighted by Crippen LogP contribution is 2.11. The normalized spacial score (nSPS) is 11.4. The quantitative estimate of drug-likeness (QED) is 0.797. The van der Waals surface area contributed by atoms with Gasteiger partial charge in [0.1, 0.15) is 0 Å². The number of imidazole rings is 1. The first-order chi connectivity index (χ1) is 7.59. The third kappa shape index (κ3) is 3.67. The molecule has 88 valence electrons. The summed E-state index contributed by atoms with van der Waals surface area (Å²) in [7, 11) is 0. The highest BCUT2D eigenvalue weighted by molar-refractivity contribution is 4.99. The Hall–Kier alpha value is -1.34. The monoisotopic (exact) mass is 220 g/mol. The number of nitriles is 1. The van der Waals surface area contributed by atoms with Crippen LogP contribution in [0.2, 0.25) is 0 Å². The Balaban J connectivity index is 2.43. The molecule has 0 fully saturated rings. The second kappa shape index (κ2) is 5.66. The van der Waals surface area contributed by atoms with Crippen molar-refractivity contribution < 1.29 is 0 Å².